The molecule has 1 aliphatic carbocycles. The molecule has 34 heavy (non-hydrogen) atoms. The lowest BCUT2D eigenvalue weighted by atomic mass is 9.81. The molecule has 2 rings (SSSR count). The highest BCUT2D eigenvalue weighted by Gasteiger charge is 2.47. The Balaban J connectivity index is 2.01. The Kier molecular flexibility index (Phi) is 9.20. The molecule has 0 spiro atoms. The standard InChI is InChI=1S/C24H33NO9/c1-5-14-11-13(7-6-10-33-22(31)24(2,3)4)8-9-16(14)25-23(32)34-17-12-15(21(29)30)18(26)20(28)19(17)27/h6-9,11,15,17-20,26-28H,5,10,12H2,1-4H3,(H,25,32)(H,29,30)/b7-6+/t15-,17+,18+,19-,20-/m0/s1. The summed E-state index contributed by atoms with van der Waals surface area (Å²) >= 11 is 0. The van der Waals surface area contributed by atoms with Gasteiger partial charge >= 0.3 is 18.0 Å². The maximum atomic E-state index is 12.4. The van der Waals surface area contributed by atoms with Crippen molar-refractivity contribution in [2.75, 3.05) is 11.9 Å². The number of carboxylic acids is 1. The number of aryl methyl sites for hydroxylation is 1. The first-order valence-corrected chi connectivity index (χ1v) is 11.1. The Labute approximate surface area is 198 Å². The molecule has 0 unspecified atom stereocenters. The van der Waals surface area contributed by atoms with E-state index in [0.717, 1.165) is 11.1 Å². The van der Waals surface area contributed by atoms with Crippen molar-refractivity contribution in [1.82, 2.24) is 0 Å². The number of anilines is 1. The van der Waals surface area contributed by atoms with Crippen LogP contribution >= 0.6 is 0 Å². The normalized spacial score (nSPS) is 25.1. The van der Waals surface area contributed by atoms with Gasteiger partial charge in [0.05, 0.1) is 17.4 Å². The third kappa shape index (κ3) is 7.02. The van der Waals surface area contributed by atoms with E-state index in [2.05, 4.69) is 5.32 Å². The van der Waals surface area contributed by atoms with Crippen LogP contribution in [0, 0.1) is 11.3 Å². The highest BCUT2D eigenvalue weighted by atomic mass is 16.6. The van der Waals surface area contributed by atoms with Crippen molar-refractivity contribution in [2.24, 2.45) is 11.3 Å². The van der Waals surface area contributed by atoms with Gasteiger partial charge in [-0.25, -0.2) is 4.79 Å². The number of hydrogen-bond donors (Lipinski definition) is 5. The monoisotopic (exact) mass is 479 g/mol. The van der Waals surface area contributed by atoms with E-state index in [1.54, 1.807) is 45.1 Å². The zero-order valence-electron chi connectivity index (χ0n) is 19.7. The van der Waals surface area contributed by atoms with Crippen molar-refractivity contribution in [1.29, 1.82) is 0 Å². The SMILES string of the molecule is CCc1cc(/C=C/COC(=O)C(C)(C)C)ccc1NC(=O)O[C@@H]1C[C@H](C(=O)O)[C@@H](O)[C@H](O)[C@H]1O. The number of nitrogens with one attached hydrogen (secondary N) is 1. The Morgan fingerprint density at radius 2 is 1.79 bits per heavy atom. The number of aliphatic hydroxyl groups is 3. The van der Waals surface area contributed by atoms with Crippen LogP contribution < -0.4 is 5.32 Å². The molecule has 0 saturated heterocycles. The summed E-state index contributed by atoms with van der Waals surface area (Å²) in [6, 6.07) is 5.25. The summed E-state index contributed by atoms with van der Waals surface area (Å²) < 4.78 is 10.4. The van der Waals surface area contributed by atoms with Crippen LogP contribution in [0.3, 0.4) is 0 Å². The number of benzene rings is 1. The fourth-order valence-corrected chi connectivity index (χ4v) is 3.49. The zero-order chi connectivity index (χ0) is 25.6. The first kappa shape index (κ1) is 27.3. The lowest BCUT2D eigenvalue weighted by Gasteiger charge is -2.38. The molecular weight excluding hydrogens is 446 g/mol. The first-order chi connectivity index (χ1) is 15.8. The number of carboxylic acid groups (broad SMARTS) is 1. The third-order valence-electron chi connectivity index (χ3n) is 5.54. The van der Waals surface area contributed by atoms with Gasteiger partial charge in [-0.1, -0.05) is 19.1 Å². The second-order valence-corrected chi connectivity index (χ2v) is 9.24. The molecule has 188 valence electrons. The van der Waals surface area contributed by atoms with Gasteiger partial charge in [-0.3, -0.25) is 14.9 Å². The minimum absolute atomic E-state index is 0.130. The molecule has 1 amide bonds. The number of esters is 1. The second kappa shape index (κ2) is 11.5. The summed E-state index contributed by atoms with van der Waals surface area (Å²) in [4.78, 5) is 35.5. The van der Waals surface area contributed by atoms with Crippen LogP contribution in [-0.2, 0) is 25.5 Å². The Bertz CT molecular complexity index is 922. The number of ether oxygens (including phenoxy) is 2. The van der Waals surface area contributed by atoms with Gasteiger partial charge in [-0.2, -0.15) is 0 Å². The lowest BCUT2D eigenvalue weighted by Crippen LogP contribution is -2.56. The maximum absolute atomic E-state index is 12.4. The fraction of sp³-hybridized carbons (Fsp3) is 0.542. The zero-order valence-corrected chi connectivity index (χ0v) is 19.7. The number of aliphatic carboxylic acids is 1. The second-order valence-electron chi connectivity index (χ2n) is 9.24. The van der Waals surface area contributed by atoms with Gasteiger partial charge in [0, 0.05) is 12.1 Å². The van der Waals surface area contributed by atoms with Crippen molar-refractivity contribution >= 4 is 29.8 Å². The first-order valence-electron chi connectivity index (χ1n) is 11.1. The minimum Gasteiger partial charge on any atom is -0.481 e. The molecule has 5 atom stereocenters. The summed E-state index contributed by atoms with van der Waals surface area (Å²) in [6.07, 6.45) is -3.54. The largest absolute Gasteiger partial charge is 0.481 e. The topological polar surface area (TPSA) is 163 Å². The summed E-state index contributed by atoms with van der Waals surface area (Å²) in [5.41, 5.74) is 1.50. The van der Waals surface area contributed by atoms with Crippen LogP contribution in [0.2, 0.25) is 0 Å². The number of amides is 1. The van der Waals surface area contributed by atoms with Crippen LogP contribution in [0.5, 0.6) is 0 Å². The van der Waals surface area contributed by atoms with Crippen LogP contribution in [-0.4, -0.2) is 69.5 Å². The molecular formula is C24H33NO9. The van der Waals surface area contributed by atoms with E-state index in [0.29, 0.717) is 12.1 Å². The highest BCUT2D eigenvalue weighted by Crippen LogP contribution is 2.29. The molecule has 0 radical (unpaired) electrons. The predicted molar refractivity (Wildman–Crippen MR) is 123 cm³/mol. The molecule has 1 aliphatic rings. The van der Waals surface area contributed by atoms with Gasteiger partial charge in [0.1, 0.15) is 24.9 Å². The van der Waals surface area contributed by atoms with E-state index in [4.69, 9.17) is 9.47 Å². The molecule has 0 heterocycles. The summed E-state index contributed by atoms with van der Waals surface area (Å²) in [7, 11) is 0. The Hall–Kier alpha value is -2.95. The highest BCUT2D eigenvalue weighted by molar-refractivity contribution is 5.86. The molecule has 0 aliphatic heterocycles. The Morgan fingerprint density at radius 3 is 2.38 bits per heavy atom. The minimum atomic E-state index is -1.76. The smallest absolute Gasteiger partial charge is 0.411 e. The maximum Gasteiger partial charge on any atom is 0.411 e. The molecule has 0 bridgehead atoms. The van der Waals surface area contributed by atoms with Gasteiger partial charge in [0.2, 0.25) is 0 Å². The van der Waals surface area contributed by atoms with Gasteiger partial charge in [0.25, 0.3) is 0 Å². The van der Waals surface area contributed by atoms with E-state index in [1.807, 2.05) is 13.0 Å². The van der Waals surface area contributed by atoms with E-state index >= 15 is 0 Å². The molecule has 5 N–H and O–H groups in total. The molecule has 10 nitrogen and oxygen atoms in total. The van der Waals surface area contributed by atoms with Gasteiger partial charge in [0.15, 0.2) is 0 Å². The average molecular weight is 480 g/mol. The number of rotatable bonds is 7. The summed E-state index contributed by atoms with van der Waals surface area (Å²) in [5.74, 6) is -3.04. The van der Waals surface area contributed by atoms with Crippen LogP contribution in [0.4, 0.5) is 10.5 Å². The molecule has 1 fully saturated rings. The van der Waals surface area contributed by atoms with Crippen LogP contribution in [0.1, 0.15) is 45.2 Å². The molecule has 1 aromatic rings. The molecule has 1 aromatic carbocycles. The quantitative estimate of drug-likeness (QED) is 0.368. The third-order valence-corrected chi connectivity index (χ3v) is 5.54. The van der Waals surface area contributed by atoms with Crippen LogP contribution in [0.15, 0.2) is 24.3 Å². The van der Waals surface area contributed by atoms with E-state index in [-0.39, 0.29) is 19.0 Å². The van der Waals surface area contributed by atoms with Crippen LogP contribution in [0.25, 0.3) is 6.08 Å². The predicted octanol–water partition coefficient (Wildman–Crippen LogP) is 1.96. The van der Waals surface area contributed by atoms with E-state index < -0.39 is 47.8 Å². The van der Waals surface area contributed by atoms with Gasteiger partial charge in [-0.05, 0) is 56.5 Å². The number of carbonyl (C=O) groups excluding carboxylic acids is 2. The molecule has 10 heteroatoms. The average Bonchev–Trinajstić information content (AvgIpc) is 2.76. The van der Waals surface area contributed by atoms with Crippen molar-refractivity contribution in [3.63, 3.8) is 0 Å². The number of hydrogen-bond acceptors (Lipinski definition) is 8. The molecule has 1 saturated carbocycles. The van der Waals surface area contributed by atoms with E-state index in [1.165, 1.54) is 0 Å². The fourth-order valence-electron chi connectivity index (χ4n) is 3.49. The van der Waals surface area contributed by atoms with Crippen molar-refractivity contribution in [3.8, 4) is 0 Å². The molecule has 0 aromatic heterocycles. The van der Waals surface area contributed by atoms with Gasteiger partial charge < -0.3 is 29.9 Å². The van der Waals surface area contributed by atoms with Crippen molar-refractivity contribution in [3.05, 3.63) is 35.4 Å². The van der Waals surface area contributed by atoms with Crippen molar-refractivity contribution in [2.45, 2.75) is 65.0 Å². The summed E-state index contributed by atoms with van der Waals surface area (Å²) in [6.45, 7) is 7.34. The summed E-state index contributed by atoms with van der Waals surface area (Å²) in [5, 5.41) is 41.6. The lowest BCUT2D eigenvalue weighted by molar-refractivity contribution is -0.177. The van der Waals surface area contributed by atoms with Gasteiger partial charge in [-0.15, -0.1) is 0 Å². The number of aliphatic hydroxyl groups excluding tert-OH is 3. The Morgan fingerprint density at radius 1 is 1.12 bits per heavy atom. The number of carbonyl (C=O) groups is 3. The van der Waals surface area contributed by atoms with E-state index in [9.17, 15) is 34.8 Å². The van der Waals surface area contributed by atoms with Crippen molar-refractivity contribution < 1.29 is 44.3 Å².